The van der Waals surface area contributed by atoms with Crippen molar-refractivity contribution in [1.82, 2.24) is 9.97 Å². The molecule has 2 N–H and O–H groups in total. The van der Waals surface area contributed by atoms with Gasteiger partial charge in [-0.1, -0.05) is 22.9 Å². The molecule has 0 atom stereocenters. The number of hydrogen-bond donors (Lipinski definition) is 1. The van der Waals surface area contributed by atoms with Gasteiger partial charge in [0.25, 0.3) is 5.19 Å². The Kier molecular flexibility index (Phi) is 2.22. The van der Waals surface area contributed by atoms with Gasteiger partial charge in [0.2, 0.25) is 0 Å². The van der Waals surface area contributed by atoms with Gasteiger partial charge in [-0.2, -0.15) is 0 Å². The highest BCUT2D eigenvalue weighted by Gasteiger charge is 2.08. The van der Waals surface area contributed by atoms with Crippen LogP contribution in [-0.4, -0.2) is 16.1 Å². The van der Waals surface area contributed by atoms with Crippen molar-refractivity contribution in [2.45, 2.75) is 0 Å². The van der Waals surface area contributed by atoms with Crippen molar-refractivity contribution in [2.24, 2.45) is 5.73 Å². The number of primary amides is 1. The van der Waals surface area contributed by atoms with E-state index in [1.54, 1.807) is 12.1 Å². The molecular formula is C7H4ClN3O2S. The molecule has 2 aromatic heterocycles. The third-order valence-corrected chi connectivity index (χ3v) is 2.44. The third kappa shape index (κ3) is 1.75. The highest BCUT2D eigenvalue weighted by atomic mass is 35.5. The topological polar surface area (TPSA) is 78.1 Å². The first kappa shape index (κ1) is 9.17. The number of halogens is 1. The SMILES string of the molecule is NC(=O)Oc1nc2ccc(Cl)nc2s1. The lowest BCUT2D eigenvalue weighted by Gasteiger charge is -1.89. The summed E-state index contributed by atoms with van der Waals surface area (Å²) in [6.45, 7) is 0. The summed E-state index contributed by atoms with van der Waals surface area (Å²) < 4.78 is 4.60. The van der Waals surface area contributed by atoms with Crippen LogP contribution in [0, 0.1) is 0 Å². The van der Waals surface area contributed by atoms with Crippen molar-refractivity contribution in [3.63, 3.8) is 0 Å². The Labute approximate surface area is 87.5 Å². The number of ether oxygens (including phenoxy) is 1. The largest absolute Gasteiger partial charge is 0.411 e. The Balaban J connectivity index is 2.46. The minimum absolute atomic E-state index is 0.169. The number of carbonyl (C=O) groups excluding carboxylic acids is 1. The van der Waals surface area contributed by atoms with E-state index in [1.807, 2.05) is 0 Å². The minimum atomic E-state index is -0.893. The molecule has 14 heavy (non-hydrogen) atoms. The molecule has 2 aromatic rings. The molecule has 72 valence electrons. The standard InChI is InChI=1S/C7H4ClN3O2S/c8-4-2-1-3-5(11-4)14-7(10-3)13-6(9)12/h1-2H,(H2,9,12). The molecule has 0 radical (unpaired) electrons. The molecule has 0 spiro atoms. The molecule has 0 saturated carbocycles. The average molecular weight is 230 g/mol. The number of aromatic nitrogens is 2. The molecule has 2 rings (SSSR count). The van der Waals surface area contributed by atoms with Crippen molar-refractivity contribution in [2.75, 3.05) is 0 Å². The van der Waals surface area contributed by atoms with Crippen LogP contribution in [0.15, 0.2) is 12.1 Å². The van der Waals surface area contributed by atoms with Gasteiger partial charge in [-0.3, -0.25) is 0 Å². The molecule has 2 heterocycles. The fourth-order valence-corrected chi connectivity index (χ4v) is 1.90. The van der Waals surface area contributed by atoms with Gasteiger partial charge in [0.1, 0.15) is 15.5 Å². The monoisotopic (exact) mass is 229 g/mol. The number of fused-ring (bicyclic) bond motifs is 1. The van der Waals surface area contributed by atoms with E-state index >= 15 is 0 Å². The second-order valence-electron chi connectivity index (χ2n) is 2.36. The molecule has 1 amide bonds. The van der Waals surface area contributed by atoms with Crippen molar-refractivity contribution in [3.8, 4) is 5.19 Å². The summed E-state index contributed by atoms with van der Waals surface area (Å²) in [5.74, 6) is 0. The second-order valence-corrected chi connectivity index (χ2v) is 3.69. The van der Waals surface area contributed by atoms with E-state index in [9.17, 15) is 4.79 Å². The maximum absolute atomic E-state index is 10.4. The van der Waals surface area contributed by atoms with Gasteiger partial charge in [-0.25, -0.2) is 14.8 Å². The number of rotatable bonds is 1. The van der Waals surface area contributed by atoms with E-state index in [0.717, 1.165) is 11.3 Å². The molecule has 0 saturated heterocycles. The number of pyridine rings is 1. The molecule has 5 nitrogen and oxygen atoms in total. The van der Waals surface area contributed by atoms with Gasteiger partial charge in [-0.05, 0) is 12.1 Å². The van der Waals surface area contributed by atoms with E-state index in [-0.39, 0.29) is 5.19 Å². The smallest absolute Gasteiger partial charge is 0.381 e. The molecule has 0 aliphatic heterocycles. The number of amides is 1. The van der Waals surface area contributed by atoms with Crippen LogP contribution >= 0.6 is 22.9 Å². The zero-order valence-corrected chi connectivity index (χ0v) is 8.30. The predicted molar refractivity (Wildman–Crippen MR) is 52.6 cm³/mol. The summed E-state index contributed by atoms with van der Waals surface area (Å²) in [5, 5.41) is 0.536. The zero-order chi connectivity index (χ0) is 10.1. The first-order chi connectivity index (χ1) is 6.65. The van der Waals surface area contributed by atoms with Crippen LogP contribution in [0.25, 0.3) is 10.3 Å². The summed E-state index contributed by atoms with van der Waals surface area (Å²) in [4.78, 5) is 19.0. The lowest BCUT2D eigenvalue weighted by Crippen LogP contribution is -2.15. The van der Waals surface area contributed by atoms with Crippen molar-refractivity contribution in [3.05, 3.63) is 17.3 Å². The van der Waals surface area contributed by atoms with Gasteiger partial charge in [-0.15, -0.1) is 0 Å². The van der Waals surface area contributed by atoms with Crippen LogP contribution in [0.4, 0.5) is 4.79 Å². The number of hydrogen-bond acceptors (Lipinski definition) is 5. The second kappa shape index (κ2) is 3.39. The zero-order valence-electron chi connectivity index (χ0n) is 6.73. The summed E-state index contributed by atoms with van der Waals surface area (Å²) in [7, 11) is 0. The quantitative estimate of drug-likeness (QED) is 0.757. The van der Waals surface area contributed by atoms with E-state index in [2.05, 4.69) is 14.7 Å². The number of nitrogens with two attached hydrogens (primary N) is 1. The van der Waals surface area contributed by atoms with Crippen molar-refractivity contribution in [1.29, 1.82) is 0 Å². The van der Waals surface area contributed by atoms with Gasteiger partial charge in [0.05, 0.1) is 0 Å². The van der Waals surface area contributed by atoms with Crippen LogP contribution in [0.3, 0.4) is 0 Å². The summed E-state index contributed by atoms with van der Waals surface area (Å²) in [6.07, 6.45) is -0.893. The lowest BCUT2D eigenvalue weighted by atomic mass is 10.5. The normalized spacial score (nSPS) is 10.4. The Hall–Kier alpha value is -1.40. The number of carbonyl (C=O) groups is 1. The maximum atomic E-state index is 10.4. The minimum Gasteiger partial charge on any atom is -0.381 e. The van der Waals surface area contributed by atoms with Crippen molar-refractivity contribution < 1.29 is 9.53 Å². The van der Waals surface area contributed by atoms with Gasteiger partial charge < -0.3 is 10.5 Å². The summed E-state index contributed by atoms with van der Waals surface area (Å²) >= 11 is 6.78. The molecule has 0 bridgehead atoms. The Bertz CT molecular complexity index is 499. The molecule has 0 aromatic carbocycles. The van der Waals surface area contributed by atoms with Gasteiger partial charge >= 0.3 is 6.09 Å². The average Bonchev–Trinajstić information content (AvgIpc) is 2.44. The van der Waals surface area contributed by atoms with Crippen LogP contribution in [-0.2, 0) is 0 Å². The van der Waals surface area contributed by atoms with Crippen LogP contribution in [0.1, 0.15) is 0 Å². The van der Waals surface area contributed by atoms with E-state index in [4.69, 9.17) is 17.3 Å². The summed E-state index contributed by atoms with van der Waals surface area (Å²) in [6, 6.07) is 3.30. The van der Waals surface area contributed by atoms with E-state index in [1.165, 1.54) is 0 Å². The fourth-order valence-electron chi connectivity index (χ4n) is 0.904. The van der Waals surface area contributed by atoms with E-state index in [0.29, 0.717) is 15.5 Å². The molecule has 0 unspecified atom stereocenters. The number of nitrogens with zero attached hydrogens (tertiary/aromatic N) is 2. The van der Waals surface area contributed by atoms with Crippen molar-refractivity contribution >= 4 is 39.4 Å². The lowest BCUT2D eigenvalue weighted by molar-refractivity contribution is 0.211. The third-order valence-electron chi connectivity index (χ3n) is 1.39. The highest BCUT2D eigenvalue weighted by molar-refractivity contribution is 7.19. The first-order valence-electron chi connectivity index (χ1n) is 3.55. The summed E-state index contributed by atoms with van der Waals surface area (Å²) in [5.41, 5.74) is 5.46. The number of thiazole rings is 1. The predicted octanol–water partition coefficient (Wildman–Crippen LogP) is 1.80. The fraction of sp³-hybridized carbons (Fsp3) is 0. The van der Waals surface area contributed by atoms with Crippen LogP contribution in [0.5, 0.6) is 5.19 Å². The molecule has 0 aliphatic rings. The first-order valence-corrected chi connectivity index (χ1v) is 4.75. The molecule has 7 heteroatoms. The molecule has 0 aliphatic carbocycles. The highest BCUT2D eigenvalue weighted by Crippen LogP contribution is 2.27. The van der Waals surface area contributed by atoms with E-state index < -0.39 is 6.09 Å². The van der Waals surface area contributed by atoms with Crippen LogP contribution in [0.2, 0.25) is 5.15 Å². The maximum Gasteiger partial charge on any atom is 0.411 e. The molecular weight excluding hydrogens is 226 g/mol. The Morgan fingerprint density at radius 1 is 1.50 bits per heavy atom. The van der Waals surface area contributed by atoms with Gasteiger partial charge in [0.15, 0.2) is 0 Å². The Morgan fingerprint density at radius 2 is 2.29 bits per heavy atom. The van der Waals surface area contributed by atoms with Crippen LogP contribution < -0.4 is 10.5 Å². The molecule has 0 fully saturated rings. The van der Waals surface area contributed by atoms with Gasteiger partial charge in [0, 0.05) is 0 Å². The Morgan fingerprint density at radius 3 is 3.00 bits per heavy atom.